The minimum Gasteiger partial charge on any atom is -0.496 e. The number of para-hydroxylation sites is 1. The van der Waals surface area contributed by atoms with E-state index in [0.717, 1.165) is 22.0 Å². The minimum absolute atomic E-state index is 0.0571. The van der Waals surface area contributed by atoms with Gasteiger partial charge in [0.15, 0.2) is 0 Å². The van der Waals surface area contributed by atoms with Gasteiger partial charge in [0.1, 0.15) is 11.6 Å². The second-order valence-corrected chi connectivity index (χ2v) is 7.41. The number of hydrogen-bond acceptors (Lipinski definition) is 4. The molecule has 0 bridgehead atoms. The van der Waals surface area contributed by atoms with E-state index in [2.05, 4.69) is 5.32 Å². The summed E-state index contributed by atoms with van der Waals surface area (Å²) in [6.45, 7) is 1.64. The molecule has 0 aliphatic carbocycles. The second-order valence-electron chi connectivity index (χ2n) is 5.47. The van der Waals surface area contributed by atoms with Crippen LogP contribution < -0.4 is 10.1 Å². The average Bonchev–Trinajstić information content (AvgIpc) is 2.64. The molecule has 2 aromatic rings. The molecule has 2 aromatic carbocycles. The maximum Gasteiger partial charge on any atom is 0.243 e. The zero-order valence-electron chi connectivity index (χ0n) is 14.6. The van der Waals surface area contributed by atoms with Crippen LogP contribution in [0.3, 0.4) is 0 Å². The van der Waals surface area contributed by atoms with E-state index in [-0.39, 0.29) is 24.5 Å². The smallest absolute Gasteiger partial charge is 0.243 e. The number of ether oxygens (including phenoxy) is 1. The number of halogens is 1. The Morgan fingerprint density at radius 2 is 1.81 bits per heavy atom. The van der Waals surface area contributed by atoms with Crippen molar-refractivity contribution in [1.29, 1.82) is 0 Å². The SMILES string of the molecule is CCN(CC(=O)NCc1ccccc1OC)S(=O)(=O)c1ccc(F)cc1. The van der Waals surface area contributed by atoms with Gasteiger partial charge in [-0.15, -0.1) is 0 Å². The van der Waals surface area contributed by atoms with Crippen molar-refractivity contribution in [2.24, 2.45) is 0 Å². The number of carbonyl (C=O) groups excluding carboxylic acids is 1. The predicted molar refractivity (Wildman–Crippen MR) is 95.7 cm³/mol. The summed E-state index contributed by atoms with van der Waals surface area (Å²) in [6.07, 6.45) is 0. The lowest BCUT2D eigenvalue weighted by Gasteiger charge is -2.20. The largest absolute Gasteiger partial charge is 0.496 e. The minimum atomic E-state index is -3.88. The predicted octanol–water partition coefficient (Wildman–Crippen LogP) is 2.16. The molecule has 6 nitrogen and oxygen atoms in total. The Morgan fingerprint density at radius 3 is 2.42 bits per heavy atom. The highest BCUT2D eigenvalue weighted by atomic mass is 32.2. The van der Waals surface area contributed by atoms with Crippen LogP contribution in [0, 0.1) is 5.82 Å². The normalized spacial score (nSPS) is 11.4. The standard InChI is InChI=1S/C18H21FN2O4S/c1-3-21(26(23,24)16-10-8-15(19)9-11-16)13-18(22)20-12-14-6-4-5-7-17(14)25-2/h4-11H,3,12-13H2,1-2H3,(H,20,22). The topological polar surface area (TPSA) is 75.7 Å². The van der Waals surface area contributed by atoms with E-state index in [0.29, 0.717) is 5.75 Å². The summed E-state index contributed by atoms with van der Waals surface area (Å²) < 4.78 is 44.4. The number of carbonyl (C=O) groups is 1. The third kappa shape index (κ3) is 4.80. The van der Waals surface area contributed by atoms with E-state index in [1.54, 1.807) is 13.0 Å². The van der Waals surface area contributed by atoms with E-state index in [4.69, 9.17) is 4.74 Å². The van der Waals surface area contributed by atoms with Crippen LogP contribution in [0.2, 0.25) is 0 Å². The average molecular weight is 380 g/mol. The van der Waals surface area contributed by atoms with Crippen LogP contribution in [0.25, 0.3) is 0 Å². The van der Waals surface area contributed by atoms with E-state index in [1.807, 2.05) is 18.2 Å². The van der Waals surface area contributed by atoms with Crippen LogP contribution in [0.1, 0.15) is 12.5 Å². The lowest BCUT2D eigenvalue weighted by Crippen LogP contribution is -2.40. The van der Waals surface area contributed by atoms with Crippen molar-refractivity contribution in [2.45, 2.75) is 18.4 Å². The quantitative estimate of drug-likeness (QED) is 0.762. The Morgan fingerprint density at radius 1 is 1.15 bits per heavy atom. The number of amides is 1. The number of nitrogens with zero attached hydrogens (tertiary/aromatic N) is 1. The lowest BCUT2D eigenvalue weighted by molar-refractivity contribution is -0.121. The van der Waals surface area contributed by atoms with Crippen molar-refractivity contribution in [3.63, 3.8) is 0 Å². The highest BCUT2D eigenvalue weighted by molar-refractivity contribution is 7.89. The van der Waals surface area contributed by atoms with E-state index < -0.39 is 21.7 Å². The Bertz CT molecular complexity index is 854. The summed E-state index contributed by atoms with van der Waals surface area (Å²) in [6, 6.07) is 11.7. The van der Waals surface area contributed by atoms with Gasteiger partial charge in [-0.05, 0) is 30.3 Å². The van der Waals surface area contributed by atoms with Gasteiger partial charge in [0, 0.05) is 18.7 Å². The fourth-order valence-electron chi connectivity index (χ4n) is 2.38. The van der Waals surface area contributed by atoms with Gasteiger partial charge in [0.2, 0.25) is 15.9 Å². The first-order chi connectivity index (χ1) is 12.4. The maximum atomic E-state index is 13.0. The van der Waals surface area contributed by atoms with Crippen molar-refractivity contribution in [3.05, 3.63) is 59.9 Å². The zero-order valence-corrected chi connectivity index (χ0v) is 15.4. The summed E-state index contributed by atoms with van der Waals surface area (Å²) in [5.74, 6) is -0.330. The summed E-state index contributed by atoms with van der Waals surface area (Å²) in [5.41, 5.74) is 0.785. The van der Waals surface area contributed by atoms with Gasteiger partial charge in [0.05, 0.1) is 18.6 Å². The molecule has 0 aromatic heterocycles. The molecule has 1 N–H and O–H groups in total. The molecular formula is C18H21FN2O4S. The molecule has 0 aliphatic rings. The van der Waals surface area contributed by atoms with E-state index in [9.17, 15) is 17.6 Å². The monoisotopic (exact) mass is 380 g/mol. The number of rotatable bonds is 8. The fourth-order valence-corrected chi connectivity index (χ4v) is 3.79. The molecule has 140 valence electrons. The molecule has 8 heteroatoms. The molecule has 2 rings (SSSR count). The number of hydrogen-bond donors (Lipinski definition) is 1. The van der Waals surface area contributed by atoms with Gasteiger partial charge >= 0.3 is 0 Å². The molecule has 0 radical (unpaired) electrons. The van der Waals surface area contributed by atoms with Crippen molar-refractivity contribution in [2.75, 3.05) is 20.2 Å². The first kappa shape index (κ1) is 19.9. The lowest BCUT2D eigenvalue weighted by atomic mass is 10.2. The van der Waals surface area contributed by atoms with Gasteiger partial charge in [-0.3, -0.25) is 4.79 Å². The summed E-state index contributed by atoms with van der Waals surface area (Å²) in [5, 5.41) is 2.69. The number of benzene rings is 2. The summed E-state index contributed by atoms with van der Waals surface area (Å²) in [4.78, 5) is 12.1. The maximum absolute atomic E-state index is 13.0. The number of sulfonamides is 1. The molecule has 0 fully saturated rings. The van der Waals surface area contributed by atoms with E-state index >= 15 is 0 Å². The third-order valence-corrected chi connectivity index (χ3v) is 5.73. The Labute approximate surface area is 152 Å². The van der Waals surface area contributed by atoms with Gasteiger partial charge in [-0.25, -0.2) is 12.8 Å². The molecule has 1 amide bonds. The second kappa shape index (κ2) is 8.77. The summed E-state index contributed by atoms with van der Waals surface area (Å²) in [7, 11) is -2.34. The van der Waals surface area contributed by atoms with Crippen molar-refractivity contribution in [1.82, 2.24) is 9.62 Å². The van der Waals surface area contributed by atoms with Crippen LogP contribution >= 0.6 is 0 Å². The van der Waals surface area contributed by atoms with Gasteiger partial charge in [0.25, 0.3) is 0 Å². The zero-order chi connectivity index (χ0) is 19.2. The molecule has 0 heterocycles. The van der Waals surface area contributed by atoms with Gasteiger partial charge in [-0.2, -0.15) is 4.31 Å². The Hall–Kier alpha value is -2.45. The molecule has 0 spiro atoms. The van der Waals surface area contributed by atoms with Crippen molar-refractivity contribution >= 4 is 15.9 Å². The number of methoxy groups -OCH3 is 1. The van der Waals surface area contributed by atoms with Crippen LogP contribution in [0.4, 0.5) is 4.39 Å². The highest BCUT2D eigenvalue weighted by Crippen LogP contribution is 2.17. The Kier molecular flexibility index (Phi) is 6.70. The molecular weight excluding hydrogens is 359 g/mol. The van der Waals surface area contributed by atoms with Crippen molar-refractivity contribution in [3.8, 4) is 5.75 Å². The third-order valence-electron chi connectivity index (χ3n) is 3.79. The van der Waals surface area contributed by atoms with Crippen molar-refractivity contribution < 1.29 is 22.3 Å². The van der Waals surface area contributed by atoms with Crippen LogP contribution in [0.5, 0.6) is 5.75 Å². The molecule has 0 aliphatic heterocycles. The molecule has 0 unspecified atom stereocenters. The van der Waals surface area contributed by atoms with Crippen LogP contribution in [-0.4, -0.2) is 38.8 Å². The highest BCUT2D eigenvalue weighted by Gasteiger charge is 2.25. The molecule has 26 heavy (non-hydrogen) atoms. The van der Waals surface area contributed by atoms with Gasteiger partial charge in [-0.1, -0.05) is 25.1 Å². The fraction of sp³-hybridized carbons (Fsp3) is 0.278. The van der Waals surface area contributed by atoms with Crippen LogP contribution in [0.15, 0.2) is 53.4 Å². The number of likely N-dealkylation sites (N-methyl/N-ethyl adjacent to an activating group) is 1. The Balaban J connectivity index is 2.04. The first-order valence-corrected chi connectivity index (χ1v) is 9.46. The molecule has 0 atom stereocenters. The number of nitrogens with one attached hydrogen (secondary N) is 1. The van der Waals surface area contributed by atoms with Gasteiger partial charge < -0.3 is 10.1 Å². The van der Waals surface area contributed by atoms with Crippen LogP contribution in [-0.2, 0) is 21.4 Å². The molecule has 0 saturated carbocycles. The summed E-state index contributed by atoms with van der Waals surface area (Å²) >= 11 is 0. The first-order valence-electron chi connectivity index (χ1n) is 8.02. The molecule has 0 saturated heterocycles. The van der Waals surface area contributed by atoms with E-state index in [1.165, 1.54) is 19.2 Å².